The first kappa shape index (κ1) is 21.5. The van der Waals surface area contributed by atoms with Crippen molar-refractivity contribution in [3.63, 3.8) is 0 Å². The number of aromatic nitrogens is 2. The van der Waals surface area contributed by atoms with Crippen molar-refractivity contribution in [1.82, 2.24) is 20.0 Å². The van der Waals surface area contributed by atoms with Crippen LogP contribution in [0.25, 0.3) is 22.2 Å². The highest BCUT2D eigenvalue weighted by atomic mass is 32.2. The summed E-state index contributed by atoms with van der Waals surface area (Å²) >= 11 is 0. The van der Waals surface area contributed by atoms with Gasteiger partial charge in [-0.05, 0) is 41.3 Å². The number of urea groups is 1. The summed E-state index contributed by atoms with van der Waals surface area (Å²) in [7, 11) is -3.94. The van der Waals surface area contributed by atoms with E-state index in [9.17, 15) is 13.2 Å². The number of carbonyl (C=O) groups is 1. The zero-order valence-corrected chi connectivity index (χ0v) is 18.0. The fraction of sp³-hybridized carbons (Fsp3) is 0.130. The number of imidazole rings is 1. The van der Waals surface area contributed by atoms with E-state index in [2.05, 4.69) is 15.3 Å². The van der Waals surface area contributed by atoms with Gasteiger partial charge < -0.3 is 16.0 Å². The first-order valence-corrected chi connectivity index (χ1v) is 11.6. The zero-order chi connectivity index (χ0) is 22.6. The van der Waals surface area contributed by atoms with Crippen molar-refractivity contribution in [2.75, 3.05) is 6.54 Å². The number of carbonyl (C=O) groups excluding carboxylic acids is 1. The predicted molar refractivity (Wildman–Crippen MR) is 123 cm³/mol. The Kier molecular flexibility index (Phi) is 6.20. The van der Waals surface area contributed by atoms with E-state index in [-0.39, 0.29) is 4.90 Å². The van der Waals surface area contributed by atoms with E-state index in [1.165, 1.54) is 12.1 Å². The third-order valence-corrected chi connectivity index (χ3v) is 6.46. The topological polar surface area (TPSA) is 130 Å². The second-order valence-electron chi connectivity index (χ2n) is 7.26. The van der Waals surface area contributed by atoms with Crippen LogP contribution >= 0.6 is 0 Å². The Morgan fingerprint density at radius 1 is 0.969 bits per heavy atom. The molecule has 8 nitrogen and oxygen atoms in total. The molecule has 0 bridgehead atoms. The molecule has 32 heavy (non-hydrogen) atoms. The molecule has 0 aliphatic heterocycles. The molecule has 1 heterocycles. The molecule has 164 valence electrons. The lowest BCUT2D eigenvalue weighted by Gasteiger charge is -2.10. The van der Waals surface area contributed by atoms with Crippen LogP contribution < -0.4 is 15.8 Å². The molecular weight excluding hydrogens is 426 g/mol. The van der Waals surface area contributed by atoms with Crippen LogP contribution in [-0.2, 0) is 23.0 Å². The molecule has 1 aromatic heterocycles. The number of benzene rings is 3. The lowest BCUT2D eigenvalue weighted by atomic mass is 10.0. The molecule has 3 aromatic carbocycles. The van der Waals surface area contributed by atoms with Gasteiger partial charge in [-0.2, -0.15) is 0 Å². The number of sulfonamides is 1. The van der Waals surface area contributed by atoms with Crippen molar-refractivity contribution >= 4 is 27.1 Å². The van der Waals surface area contributed by atoms with Gasteiger partial charge in [-0.3, -0.25) is 0 Å². The molecular formula is C23H23N5O3S. The van der Waals surface area contributed by atoms with Crippen LogP contribution in [0.4, 0.5) is 4.79 Å². The zero-order valence-electron chi connectivity index (χ0n) is 17.2. The van der Waals surface area contributed by atoms with Crippen LogP contribution in [0.5, 0.6) is 0 Å². The lowest BCUT2D eigenvalue weighted by molar-refractivity contribution is 0.246. The average Bonchev–Trinajstić information content (AvgIpc) is 3.28. The largest absolute Gasteiger partial charge is 0.344 e. The summed E-state index contributed by atoms with van der Waals surface area (Å²) in [5.74, 6) is 0. The molecule has 5 N–H and O–H groups in total. The van der Waals surface area contributed by atoms with Gasteiger partial charge in [-0.15, -0.1) is 0 Å². The second kappa shape index (κ2) is 9.21. The number of aromatic amines is 1. The highest BCUT2D eigenvalue weighted by Gasteiger charge is 2.17. The molecule has 0 saturated carbocycles. The summed E-state index contributed by atoms with van der Waals surface area (Å²) in [6.07, 6.45) is 2.24. The molecule has 0 saturated heterocycles. The molecule has 4 rings (SSSR count). The number of amides is 2. The lowest BCUT2D eigenvalue weighted by Crippen LogP contribution is -2.40. The number of nitrogens with one attached hydrogen (secondary N) is 3. The summed E-state index contributed by atoms with van der Waals surface area (Å²) in [5.41, 5.74) is 11.4. The third kappa shape index (κ3) is 4.79. The van der Waals surface area contributed by atoms with Crippen LogP contribution in [0.3, 0.4) is 0 Å². The van der Waals surface area contributed by atoms with E-state index >= 15 is 0 Å². The van der Waals surface area contributed by atoms with Gasteiger partial charge in [0.05, 0.1) is 22.3 Å². The summed E-state index contributed by atoms with van der Waals surface area (Å²) in [5, 5.41) is 2.58. The Morgan fingerprint density at radius 2 is 1.69 bits per heavy atom. The number of H-pyrrole nitrogens is 1. The summed E-state index contributed by atoms with van der Waals surface area (Å²) in [6.45, 7) is 0.608. The summed E-state index contributed by atoms with van der Waals surface area (Å²) in [4.78, 5) is 19.5. The SMILES string of the molecule is NCc1ccc(S(=O)(=O)NC(=O)NCCc2ccc(-c3cccc4nc[nH]c34)cc2)cc1. The Labute approximate surface area is 185 Å². The molecule has 0 atom stereocenters. The van der Waals surface area contributed by atoms with Crippen molar-refractivity contribution < 1.29 is 13.2 Å². The fourth-order valence-corrected chi connectivity index (χ4v) is 4.33. The third-order valence-electron chi connectivity index (χ3n) is 5.12. The van der Waals surface area contributed by atoms with Gasteiger partial charge in [-0.1, -0.05) is 48.5 Å². The van der Waals surface area contributed by atoms with Crippen molar-refractivity contribution in [3.05, 3.63) is 84.2 Å². The monoisotopic (exact) mass is 449 g/mol. The van der Waals surface area contributed by atoms with Gasteiger partial charge in [0, 0.05) is 18.7 Å². The second-order valence-corrected chi connectivity index (χ2v) is 8.94. The molecule has 0 radical (unpaired) electrons. The Bertz CT molecular complexity index is 1330. The summed E-state index contributed by atoms with van der Waals surface area (Å²) < 4.78 is 26.6. The minimum atomic E-state index is -3.94. The van der Waals surface area contributed by atoms with Gasteiger partial charge in [0.25, 0.3) is 10.0 Å². The van der Waals surface area contributed by atoms with Crippen LogP contribution in [0.2, 0.25) is 0 Å². The van der Waals surface area contributed by atoms with Gasteiger partial charge in [0.1, 0.15) is 0 Å². The first-order valence-electron chi connectivity index (χ1n) is 10.1. The van der Waals surface area contributed by atoms with Crippen molar-refractivity contribution in [2.24, 2.45) is 5.73 Å². The van der Waals surface area contributed by atoms with Gasteiger partial charge in [-0.25, -0.2) is 22.9 Å². The Hall–Kier alpha value is -3.69. The van der Waals surface area contributed by atoms with E-state index in [1.54, 1.807) is 18.5 Å². The number of hydrogen-bond donors (Lipinski definition) is 4. The highest BCUT2D eigenvalue weighted by Crippen LogP contribution is 2.26. The van der Waals surface area contributed by atoms with Gasteiger partial charge >= 0.3 is 6.03 Å². The smallest absolute Gasteiger partial charge is 0.328 e. The van der Waals surface area contributed by atoms with Gasteiger partial charge in [0.2, 0.25) is 0 Å². The number of rotatable bonds is 7. The van der Waals surface area contributed by atoms with Crippen LogP contribution in [0.1, 0.15) is 11.1 Å². The number of nitrogens with two attached hydrogens (primary N) is 1. The van der Waals surface area contributed by atoms with E-state index in [4.69, 9.17) is 5.73 Å². The molecule has 0 aliphatic carbocycles. The number of para-hydroxylation sites is 1. The van der Waals surface area contributed by atoms with Crippen LogP contribution in [0, 0.1) is 0 Å². The van der Waals surface area contributed by atoms with Crippen molar-refractivity contribution in [1.29, 1.82) is 0 Å². The Balaban J connectivity index is 1.32. The van der Waals surface area contributed by atoms with Crippen molar-refractivity contribution in [3.8, 4) is 11.1 Å². The molecule has 9 heteroatoms. The maximum absolute atomic E-state index is 12.3. The standard InChI is InChI=1S/C23H23N5O3S/c24-14-17-6-10-19(11-7-17)32(30,31)28-23(29)25-13-12-16-4-8-18(9-5-16)20-2-1-3-21-22(20)27-15-26-21/h1-11,15H,12-14,24H2,(H,26,27)(H2,25,28,29). The predicted octanol–water partition coefficient (Wildman–Crippen LogP) is 2.92. The van der Waals surface area contributed by atoms with E-state index in [1.807, 2.05) is 47.2 Å². The number of nitrogens with zero attached hydrogens (tertiary/aromatic N) is 1. The van der Waals surface area contributed by atoms with Crippen molar-refractivity contribution in [2.45, 2.75) is 17.9 Å². The Morgan fingerprint density at radius 3 is 2.41 bits per heavy atom. The molecule has 0 unspecified atom stereocenters. The molecule has 4 aromatic rings. The highest BCUT2D eigenvalue weighted by molar-refractivity contribution is 7.90. The molecule has 2 amide bonds. The fourth-order valence-electron chi connectivity index (χ4n) is 3.40. The van der Waals surface area contributed by atoms with E-state index < -0.39 is 16.1 Å². The number of hydrogen-bond acceptors (Lipinski definition) is 5. The summed E-state index contributed by atoms with van der Waals surface area (Å²) in [6, 6.07) is 19.3. The molecule has 0 aliphatic rings. The normalized spacial score (nSPS) is 11.4. The van der Waals surface area contributed by atoms with Crippen LogP contribution in [0.15, 0.2) is 78.0 Å². The quantitative estimate of drug-likeness (QED) is 0.345. The maximum atomic E-state index is 12.3. The average molecular weight is 450 g/mol. The maximum Gasteiger partial charge on any atom is 0.328 e. The molecule has 0 spiro atoms. The minimum Gasteiger partial charge on any atom is -0.344 e. The van der Waals surface area contributed by atoms with Crippen LogP contribution in [-0.4, -0.2) is 31.0 Å². The van der Waals surface area contributed by atoms with E-state index in [0.29, 0.717) is 19.5 Å². The molecule has 0 fully saturated rings. The minimum absolute atomic E-state index is 0.00715. The number of fused-ring (bicyclic) bond motifs is 1. The first-order chi connectivity index (χ1) is 15.5. The van der Waals surface area contributed by atoms with E-state index in [0.717, 1.165) is 33.3 Å². The van der Waals surface area contributed by atoms with Gasteiger partial charge in [0.15, 0.2) is 0 Å².